The van der Waals surface area contributed by atoms with E-state index in [-0.39, 0.29) is 0 Å². The van der Waals surface area contributed by atoms with E-state index in [1.807, 2.05) is 12.3 Å². The highest BCUT2D eigenvalue weighted by Gasteiger charge is 2.12. The van der Waals surface area contributed by atoms with Crippen molar-refractivity contribution in [3.8, 4) is 11.4 Å². The fraction of sp³-hybridized carbons (Fsp3) is 0.353. The SMILES string of the molecule is C(=Nc1ccnc(-c2cnn3ccncc23)n1)C1CCCCC1. The second-order valence-electron chi connectivity index (χ2n) is 5.88. The van der Waals surface area contributed by atoms with Crippen LogP contribution in [0.2, 0.25) is 0 Å². The van der Waals surface area contributed by atoms with Gasteiger partial charge in [-0.2, -0.15) is 5.10 Å². The number of aromatic nitrogens is 5. The Kier molecular flexibility index (Phi) is 3.80. The van der Waals surface area contributed by atoms with Crippen LogP contribution >= 0.6 is 0 Å². The van der Waals surface area contributed by atoms with Gasteiger partial charge in [0.05, 0.1) is 23.5 Å². The van der Waals surface area contributed by atoms with Crippen molar-refractivity contribution in [2.75, 3.05) is 0 Å². The molecule has 6 heteroatoms. The number of hydrogen-bond acceptors (Lipinski definition) is 5. The van der Waals surface area contributed by atoms with E-state index in [9.17, 15) is 0 Å². The number of rotatable bonds is 3. The van der Waals surface area contributed by atoms with Crippen LogP contribution in [0, 0.1) is 5.92 Å². The van der Waals surface area contributed by atoms with Crippen molar-refractivity contribution in [1.29, 1.82) is 0 Å². The Bertz CT molecular complexity index is 832. The van der Waals surface area contributed by atoms with Gasteiger partial charge in [0.2, 0.25) is 0 Å². The second kappa shape index (κ2) is 6.24. The molecule has 0 bridgehead atoms. The van der Waals surface area contributed by atoms with Crippen molar-refractivity contribution in [1.82, 2.24) is 24.6 Å². The Morgan fingerprint density at radius 1 is 1.13 bits per heavy atom. The first kappa shape index (κ1) is 14.0. The Balaban J connectivity index is 1.62. The maximum Gasteiger partial charge on any atom is 0.165 e. The number of aliphatic imine (C=N–C) groups is 1. The van der Waals surface area contributed by atoms with Gasteiger partial charge in [0, 0.05) is 30.9 Å². The molecule has 4 rings (SSSR count). The quantitative estimate of drug-likeness (QED) is 0.695. The first-order valence-corrected chi connectivity index (χ1v) is 8.05. The summed E-state index contributed by atoms with van der Waals surface area (Å²) in [4.78, 5) is 17.6. The molecule has 0 unspecified atom stereocenters. The van der Waals surface area contributed by atoms with Crippen molar-refractivity contribution in [3.05, 3.63) is 37.1 Å². The molecular weight excluding hydrogens is 288 g/mol. The summed E-state index contributed by atoms with van der Waals surface area (Å²) >= 11 is 0. The van der Waals surface area contributed by atoms with Gasteiger partial charge in [-0.3, -0.25) is 4.98 Å². The highest BCUT2D eigenvalue weighted by Crippen LogP contribution is 2.24. The normalized spacial score (nSPS) is 16.3. The lowest BCUT2D eigenvalue weighted by Crippen LogP contribution is -2.06. The van der Waals surface area contributed by atoms with Crippen LogP contribution in [0.3, 0.4) is 0 Å². The predicted molar refractivity (Wildman–Crippen MR) is 88.7 cm³/mol. The molecule has 0 saturated heterocycles. The van der Waals surface area contributed by atoms with Crippen LogP contribution in [-0.4, -0.2) is 30.8 Å². The van der Waals surface area contributed by atoms with Gasteiger partial charge in [-0.1, -0.05) is 19.3 Å². The summed E-state index contributed by atoms with van der Waals surface area (Å²) in [5.74, 6) is 1.92. The highest BCUT2D eigenvalue weighted by molar-refractivity contribution is 5.75. The van der Waals surface area contributed by atoms with Crippen molar-refractivity contribution < 1.29 is 0 Å². The number of hydrogen-bond donors (Lipinski definition) is 0. The number of fused-ring (bicyclic) bond motifs is 1. The Hall–Kier alpha value is -2.63. The second-order valence-corrected chi connectivity index (χ2v) is 5.88. The summed E-state index contributed by atoms with van der Waals surface area (Å²) in [6, 6.07) is 1.84. The largest absolute Gasteiger partial charge is 0.261 e. The molecule has 23 heavy (non-hydrogen) atoms. The number of nitrogens with zero attached hydrogens (tertiary/aromatic N) is 6. The predicted octanol–water partition coefficient (Wildman–Crippen LogP) is 3.47. The maximum absolute atomic E-state index is 4.56. The maximum atomic E-state index is 4.56. The molecule has 1 aliphatic carbocycles. The van der Waals surface area contributed by atoms with Crippen molar-refractivity contribution in [3.63, 3.8) is 0 Å². The molecule has 3 heterocycles. The van der Waals surface area contributed by atoms with E-state index < -0.39 is 0 Å². The zero-order valence-corrected chi connectivity index (χ0v) is 12.8. The first-order valence-electron chi connectivity index (χ1n) is 8.05. The molecule has 0 aliphatic heterocycles. The first-order chi connectivity index (χ1) is 11.4. The molecule has 6 nitrogen and oxygen atoms in total. The fourth-order valence-corrected chi connectivity index (χ4v) is 3.02. The van der Waals surface area contributed by atoms with Gasteiger partial charge < -0.3 is 0 Å². The molecule has 116 valence electrons. The topological polar surface area (TPSA) is 68.3 Å². The average Bonchev–Trinajstić information content (AvgIpc) is 3.05. The van der Waals surface area contributed by atoms with Gasteiger partial charge in [-0.25, -0.2) is 19.5 Å². The van der Waals surface area contributed by atoms with E-state index in [4.69, 9.17) is 0 Å². The molecule has 0 spiro atoms. The fourth-order valence-electron chi connectivity index (χ4n) is 3.02. The summed E-state index contributed by atoms with van der Waals surface area (Å²) in [5, 5.41) is 4.30. The third-order valence-electron chi connectivity index (χ3n) is 4.27. The van der Waals surface area contributed by atoms with Crippen molar-refractivity contribution in [2.45, 2.75) is 32.1 Å². The van der Waals surface area contributed by atoms with Crippen LogP contribution in [0.5, 0.6) is 0 Å². The van der Waals surface area contributed by atoms with Gasteiger partial charge in [-0.05, 0) is 18.8 Å². The van der Waals surface area contributed by atoms with E-state index in [0.29, 0.717) is 17.6 Å². The Morgan fingerprint density at radius 3 is 2.96 bits per heavy atom. The molecule has 1 fully saturated rings. The summed E-state index contributed by atoms with van der Waals surface area (Å²) in [6.45, 7) is 0. The van der Waals surface area contributed by atoms with Gasteiger partial charge in [0.25, 0.3) is 0 Å². The van der Waals surface area contributed by atoms with E-state index in [2.05, 4.69) is 31.3 Å². The third-order valence-corrected chi connectivity index (χ3v) is 4.27. The molecule has 0 atom stereocenters. The van der Waals surface area contributed by atoms with E-state index in [1.165, 1.54) is 32.1 Å². The van der Waals surface area contributed by atoms with Crippen LogP contribution in [0.4, 0.5) is 5.82 Å². The van der Waals surface area contributed by atoms with E-state index in [1.54, 1.807) is 29.3 Å². The van der Waals surface area contributed by atoms with Crippen molar-refractivity contribution >= 4 is 17.5 Å². The lowest BCUT2D eigenvalue weighted by Gasteiger charge is -2.16. The summed E-state index contributed by atoms with van der Waals surface area (Å²) in [6.07, 6.45) is 17.3. The monoisotopic (exact) mass is 306 g/mol. The van der Waals surface area contributed by atoms with Crippen LogP contribution in [0.15, 0.2) is 42.0 Å². The standard InChI is InChI=1S/C17H18N6/c1-2-4-13(5-3-1)10-20-16-6-7-19-17(22-16)14-11-21-23-9-8-18-12-15(14)23/h6-13H,1-5H2. The Labute approximate surface area is 134 Å². The molecule has 1 aliphatic rings. The van der Waals surface area contributed by atoms with Crippen LogP contribution in [-0.2, 0) is 0 Å². The minimum Gasteiger partial charge on any atom is -0.261 e. The summed E-state index contributed by atoms with van der Waals surface area (Å²) in [7, 11) is 0. The molecule has 0 radical (unpaired) electrons. The molecule has 0 aromatic carbocycles. The van der Waals surface area contributed by atoms with Gasteiger partial charge in [-0.15, -0.1) is 0 Å². The molecule has 0 amide bonds. The lowest BCUT2D eigenvalue weighted by atomic mass is 9.90. The molecule has 1 saturated carbocycles. The average molecular weight is 306 g/mol. The van der Waals surface area contributed by atoms with Crippen LogP contribution < -0.4 is 0 Å². The molecular formula is C17H18N6. The van der Waals surface area contributed by atoms with Gasteiger partial charge in [0.15, 0.2) is 11.6 Å². The zero-order chi connectivity index (χ0) is 15.5. The van der Waals surface area contributed by atoms with Gasteiger partial charge >= 0.3 is 0 Å². The third kappa shape index (κ3) is 2.97. The smallest absolute Gasteiger partial charge is 0.165 e. The minimum absolute atomic E-state index is 0.586. The molecule has 0 N–H and O–H groups in total. The highest BCUT2D eigenvalue weighted by atomic mass is 15.2. The molecule has 3 aromatic rings. The van der Waals surface area contributed by atoms with Crippen LogP contribution in [0.25, 0.3) is 16.9 Å². The minimum atomic E-state index is 0.586. The van der Waals surface area contributed by atoms with E-state index in [0.717, 1.165) is 11.1 Å². The van der Waals surface area contributed by atoms with Gasteiger partial charge in [0.1, 0.15) is 0 Å². The van der Waals surface area contributed by atoms with E-state index >= 15 is 0 Å². The molecule has 3 aromatic heterocycles. The summed E-state index contributed by atoms with van der Waals surface area (Å²) in [5.41, 5.74) is 1.76. The lowest BCUT2D eigenvalue weighted by molar-refractivity contribution is 0.445. The van der Waals surface area contributed by atoms with Crippen molar-refractivity contribution in [2.24, 2.45) is 10.9 Å². The zero-order valence-electron chi connectivity index (χ0n) is 12.8. The van der Waals surface area contributed by atoms with Crippen LogP contribution in [0.1, 0.15) is 32.1 Å². The Morgan fingerprint density at radius 2 is 2.04 bits per heavy atom. The summed E-state index contributed by atoms with van der Waals surface area (Å²) < 4.78 is 1.77.